The van der Waals surface area contributed by atoms with Crippen molar-refractivity contribution in [3.63, 3.8) is 0 Å². The van der Waals surface area contributed by atoms with E-state index in [1.165, 1.54) is 16.2 Å². The predicted molar refractivity (Wildman–Crippen MR) is 124 cm³/mol. The molecule has 0 fully saturated rings. The van der Waals surface area contributed by atoms with Crippen LogP contribution >= 0.6 is 11.3 Å². The monoisotopic (exact) mass is 461 g/mol. The fourth-order valence-electron chi connectivity index (χ4n) is 3.02. The molecule has 1 unspecified atom stereocenters. The topological polar surface area (TPSA) is 97.9 Å². The highest BCUT2D eigenvalue weighted by Crippen LogP contribution is 2.31. The van der Waals surface area contributed by atoms with Crippen molar-refractivity contribution in [3.8, 4) is 5.75 Å². The molecule has 3 rings (SSSR count). The van der Waals surface area contributed by atoms with Gasteiger partial charge in [0.25, 0.3) is 0 Å². The first-order valence-electron chi connectivity index (χ1n) is 10.8. The number of nitrogens with zero attached hydrogens (tertiary/aromatic N) is 3. The van der Waals surface area contributed by atoms with Crippen LogP contribution in [0.3, 0.4) is 0 Å². The van der Waals surface area contributed by atoms with E-state index >= 15 is 0 Å². The number of fused-ring (bicyclic) bond motifs is 1. The van der Waals surface area contributed by atoms with Crippen LogP contribution in [0.4, 0.5) is 9.93 Å². The lowest BCUT2D eigenvalue weighted by molar-refractivity contribution is 0.0589. The number of aliphatic hydroxyl groups is 1. The molecule has 9 heteroatoms. The van der Waals surface area contributed by atoms with Gasteiger partial charge in [-0.3, -0.25) is 4.90 Å². The summed E-state index contributed by atoms with van der Waals surface area (Å²) in [6.45, 7) is 9.60. The molecule has 174 valence electrons. The maximum Gasteiger partial charge on any atom is 0.416 e. The minimum absolute atomic E-state index is 0.163. The molecule has 1 atom stereocenters. The van der Waals surface area contributed by atoms with Crippen LogP contribution < -0.4 is 9.64 Å². The van der Waals surface area contributed by atoms with Crippen molar-refractivity contribution in [1.82, 2.24) is 9.97 Å². The van der Waals surface area contributed by atoms with Crippen molar-refractivity contribution in [2.45, 2.75) is 71.7 Å². The lowest BCUT2D eigenvalue weighted by Crippen LogP contribution is -2.34. The number of hydrogen-bond acceptors (Lipinski definition) is 8. The molecule has 32 heavy (non-hydrogen) atoms. The maximum absolute atomic E-state index is 12.2. The number of amides is 1. The molecule has 3 aromatic rings. The van der Waals surface area contributed by atoms with Crippen LogP contribution in [-0.4, -0.2) is 39.9 Å². The Morgan fingerprint density at radius 1 is 1.28 bits per heavy atom. The van der Waals surface area contributed by atoms with Crippen molar-refractivity contribution in [2.75, 3.05) is 11.9 Å². The van der Waals surface area contributed by atoms with Gasteiger partial charge in [-0.1, -0.05) is 25.2 Å². The van der Waals surface area contributed by atoms with Gasteiger partial charge in [-0.15, -0.1) is 0 Å². The third-order valence-electron chi connectivity index (χ3n) is 4.78. The van der Waals surface area contributed by atoms with Gasteiger partial charge in [0.15, 0.2) is 16.6 Å². The number of thiazole rings is 1. The van der Waals surface area contributed by atoms with E-state index in [9.17, 15) is 9.90 Å². The zero-order valence-electron chi connectivity index (χ0n) is 19.4. The van der Waals surface area contributed by atoms with Crippen LogP contribution in [-0.2, 0) is 11.2 Å². The van der Waals surface area contributed by atoms with Gasteiger partial charge in [-0.25, -0.2) is 14.8 Å². The SMILES string of the molecule is CCC(CC)Oc1ccc2nc(CC(O)c3cnc(N(C)C(=O)OC(C)(C)C)s3)oc2c1. The van der Waals surface area contributed by atoms with Crippen LogP contribution in [0.5, 0.6) is 5.75 Å². The molecule has 0 spiro atoms. The van der Waals surface area contributed by atoms with Gasteiger partial charge in [-0.2, -0.15) is 0 Å². The number of ether oxygens (including phenoxy) is 2. The molecule has 0 radical (unpaired) electrons. The Labute approximate surface area is 192 Å². The molecule has 0 saturated heterocycles. The Hall–Kier alpha value is -2.65. The Bertz CT molecular complexity index is 1050. The highest BCUT2D eigenvalue weighted by Gasteiger charge is 2.24. The summed E-state index contributed by atoms with van der Waals surface area (Å²) in [5.41, 5.74) is 0.723. The molecule has 0 aliphatic rings. The normalized spacial score (nSPS) is 12.9. The highest BCUT2D eigenvalue weighted by molar-refractivity contribution is 7.15. The Balaban J connectivity index is 1.68. The van der Waals surface area contributed by atoms with E-state index in [2.05, 4.69) is 23.8 Å². The Morgan fingerprint density at radius 3 is 2.66 bits per heavy atom. The summed E-state index contributed by atoms with van der Waals surface area (Å²) in [7, 11) is 1.59. The van der Waals surface area contributed by atoms with Crippen molar-refractivity contribution < 1.29 is 23.8 Å². The predicted octanol–water partition coefficient (Wildman–Crippen LogP) is 5.50. The summed E-state index contributed by atoms with van der Waals surface area (Å²) in [6.07, 6.45) is 2.41. The van der Waals surface area contributed by atoms with E-state index in [0.29, 0.717) is 27.0 Å². The molecule has 1 N–H and O–H groups in total. The summed E-state index contributed by atoms with van der Waals surface area (Å²) >= 11 is 1.22. The van der Waals surface area contributed by atoms with E-state index in [1.54, 1.807) is 34.0 Å². The highest BCUT2D eigenvalue weighted by atomic mass is 32.1. The van der Waals surface area contributed by atoms with Gasteiger partial charge < -0.3 is 19.0 Å². The number of aromatic nitrogens is 2. The summed E-state index contributed by atoms with van der Waals surface area (Å²) in [5, 5.41) is 11.1. The van der Waals surface area contributed by atoms with Crippen LogP contribution in [0.25, 0.3) is 11.1 Å². The Morgan fingerprint density at radius 2 is 2.00 bits per heavy atom. The number of hydrogen-bond donors (Lipinski definition) is 1. The lowest BCUT2D eigenvalue weighted by atomic mass is 10.2. The second kappa shape index (κ2) is 9.87. The van der Waals surface area contributed by atoms with Crippen molar-refractivity contribution in [2.24, 2.45) is 0 Å². The molecule has 1 aromatic carbocycles. The van der Waals surface area contributed by atoms with E-state index in [-0.39, 0.29) is 12.5 Å². The number of carbonyl (C=O) groups is 1. The van der Waals surface area contributed by atoms with Crippen LogP contribution in [0.15, 0.2) is 28.8 Å². The lowest BCUT2D eigenvalue weighted by Gasteiger charge is -2.23. The first kappa shape index (κ1) is 24.0. The minimum Gasteiger partial charge on any atom is -0.490 e. The summed E-state index contributed by atoms with van der Waals surface area (Å²) < 4.78 is 17.2. The largest absolute Gasteiger partial charge is 0.490 e. The minimum atomic E-state index is -0.860. The van der Waals surface area contributed by atoms with Crippen molar-refractivity contribution in [1.29, 1.82) is 0 Å². The molecule has 0 bridgehead atoms. The number of carbonyl (C=O) groups excluding carboxylic acids is 1. The Kier molecular flexibility index (Phi) is 7.40. The van der Waals surface area contributed by atoms with Gasteiger partial charge in [0.05, 0.1) is 23.5 Å². The second-order valence-corrected chi connectivity index (χ2v) is 9.64. The second-order valence-electron chi connectivity index (χ2n) is 8.60. The zero-order valence-corrected chi connectivity index (χ0v) is 20.2. The molecule has 8 nitrogen and oxygen atoms in total. The van der Waals surface area contributed by atoms with E-state index in [4.69, 9.17) is 13.9 Å². The smallest absolute Gasteiger partial charge is 0.416 e. The van der Waals surface area contributed by atoms with Crippen LogP contribution in [0.1, 0.15) is 64.3 Å². The van der Waals surface area contributed by atoms with Gasteiger partial charge in [0, 0.05) is 19.3 Å². The number of anilines is 1. The van der Waals surface area contributed by atoms with Gasteiger partial charge in [0.2, 0.25) is 0 Å². The molecule has 0 aliphatic carbocycles. The number of aliphatic hydroxyl groups excluding tert-OH is 1. The molecule has 2 heterocycles. The number of oxazole rings is 1. The maximum atomic E-state index is 12.2. The average molecular weight is 462 g/mol. The summed E-state index contributed by atoms with van der Waals surface area (Å²) in [4.78, 5) is 22.9. The molecule has 0 saturated carbocycles. The summed E-state index contributed by atoms with van der Waals surface area (Å²) in [5.74, 6) is 1.16. The molecular weight excluding hydrogens is 430 g/mol. The van der Waals surface area contributed by atoms with Crippen molar-refractivity contribution >= 4 is 33.7 Å². The standard InChI is InChI=1S/C23H31N3O5S/c1-7-14(8-2)29-15-9-10-16-18(11-15)30-20(25-16)12-17(27)19-13-24-21(32-19)26(6)22(28)31-23(3,4)5/h9-11,13-14,17,27H,7-8,12H2,1-6H3. The van der Waals surface area contributed by atoms with Gasteiger partial charge in [0.1, 0.15) is 16.9 Å². The zero-order chi connectivity index (χ0) is 23.5. The van der Waals surface area contributed by atoms with E-state index < -0.39 is 17.8 Å². The van der Waals surface area contributed by atoms with E-state index in [1.807, 2.05) is 18.2 Å². The quantitative estimate of drug-likeness (QED) is 0.473. The molecule has 2 aromatic heterocycles. The first-order chi connectivity index (χ1) is 15.1. The first-order valence-corrected chi connectivity index (χ1v) is 11.6. The molecular formula is C23H31N3O5S. The third kappa shape index (κ3) is 5.98. The number of benzene rings is 1. The van der Waals surface area contributed by atoms with Crippen molar-refractivity contribution in [3.05, 3.63) is 35.2 Å². The van der Waals surface area contributed by atoms with Crippen LogP contribution in [0.2, 0.25) is 0 Å². The molecule has 0 aliphatic heterocycles. The van der Waals surface area contributed by atoms with Crippen LogP contribution in [0, 0.1) is 0 Å². The van der Waals surface area contributed by atoms with Gasteiger partial charge >= 0.3 is 6.09 Å². The number of rotatable bonds is 8. The average Bonchev–Trinajstić information content (AvgIpc) is 3.36. The fourth-order valence-corrected chi connectivity index (χ4v) is 3.87. The van der Waals surface area contributed by atoms with Gasteiger partial charge in [-0.05, 0) is 45.7 Å². The third-order valence-corrected chi connectivity index (χ3v) is 5.95. The van der Waals surface area contributed by atoms with E-state index in [0.717, 1.165) is 18.6 Å². The fraction of sp³-hybridized carbons (Fsp3) is 0.522. The summed E-state index contributed by atoms with van der Waals surface area (Å²) in [6, 6.07) is 5.56. The molecule has 1 amide bonds.